The number of nitrogen functional groups attached to an aromatic ring is 1. The van der Waals surface area contributed by atoms with Gasteiger partial charge in [0.05, 0.1) is 6.61 Å². The number of ether oxygens (including phenoxy) is 2. The Morgan fingerprint density at radius 3 is 2.56 bits per heavy atom. The molecule has 1 aromatic rings. The zero-order valence-corrected chi connectivity index (χ0v) is 9.03. The normalized spacial score (nSPS) is 11.3. The van der Waals surface area contributed by atoms with Crippen LogP contribution in [0.5, 0.6) is 5.75 Å². The highest BCUT2D eigenvalue weighted by Crippen LogP contribution is 2.22. The molecule has 0 atom stereocenters. The van der Waals surface area contributed by atoms with Crippen molar-refractivity contribution in [2.75, 3.05) is 18.9 Å². The summed E-state index contributed by atoms with van der Waals surface area (Å²) in [6.07, 6.45) is -4.74. The molecule has 1 rings (SSSR count). The summed E-state index contributed by atoms with van der Waals surface area (Å²) in [6, 6.07) is 3.81. The van der Waals surface area contributed by atoms with Crippen molar-refractivity contribution in [1.82, 2.24) is 0 Å². The average Bonchev–Trinajstić information content (AvgIpc) is 2.24. The number of carboxylic acid groups (broad SMARTS) is 1. The first kappa shape index (κ1) is 14.1. The molecule has 100 valence electrons. The molecule has 0 aliphatic heterocycles. The van der Waals surface area contributed by atoms with E-state index in [1.807, 2.05) is 0 Å². The maximum absolute atomic E-state index is 11.7. The summed E-state index contributed by atoms with van der Waals surface area (Å²) in [6.45, 7) is -1.16. The van der Waals surface area contributed by atoms with Crippen LogP contribution in [0.2, 0.25) is 0 Å². The van der Waals surface area contributed by atoms with E-state index in [0.29, 0.717) is 0 Å². The first-order valence-electron chi connectivity index (χ1n) is 4.76. The number of rotatable bonds is 5. The van der Waals surface area contributed by atoms with Crippen molar-refractivity contribution in [2.24, 2.45) is 0 Å². The summed E-state index contributed by atoms with van der Waals surface area (Å²) in [5, 5.41) is 8.83. The molecule has 0 unspecified atom stereocenters. The van der Waals surface area contributed by atoms with E-state index in [9.17, 15) is 18.0 Å². The smallest absolute Gasteiger partial charge is 0.490 e. The largest absolute Gasteiger partial charge is 0.522 e. The lowest BCUT2D eigenvalue weighted by Crippen LogP contribution is -2.18. The van der Waals surface area contributed by atoms with Gasteiger partial charge in [0.25, 0.3) is 0 Å². The molecule has 3 N–H and O–H groups in total. The van der Waals surface area contributed by atoms with Crippen molar-refractivity contribution in [3.05, 3.63) is 23.8 Å². The van der Waals surface area contributed by atoms with Crippen molar-refractivity contribution in [1.29, 1.82) is 0 Å². The average molecular weight is 265 g/mol. The van der Waals surface area contributed by atoms with E-state index in [4.69, 9.17) is 15.6 Å². The summed E-state index contributed by atoms with van der Waals surface area (Å²) in [4.78, 5) is 10.8. The van der Waals surface area contributed by atoms with Gasteiger partial charge in [-0.2, -0.15) is 0 Å². The quantitative estimate of drug-likeness (QED) is 0.627. The first-order valence-corrected chi connectivity index (χ1v) is 4.76. The zero-order valence-electron chi connectivity index (χ0n) is 9.03. The van der Waals surface area contributed by atoms with Gasteiger partial charge in [-0.3, -0.25) is 4.74 Å². The number of hydrogen-bond acceptors (Lipinski definition) is 4. The highest BCUT2D eigenvalue weighted by atomic mass is 19.4. The van der Waals surface area contributed by atoms with Gasteiger partial charge in [0.15, 0.2) is 0 Å². The lowest BCUT2D eigenvalue weighted by Gasteiger charge is -2.11. The summed E-state index contributed by atoms with van der Waals surface area (Å²) in [5.74, 6) is -1.35. The monoisotopic (exact) mass is 265 g/mol. The van der Waals surface area contributed by atoms with E-state index in [2.05, 4.69) is 4.74 Å². The topological polar surface area (TPSA) is 81.8 Å². The van der Waals surface area contributed by atoms with E-state index in [0.717, 1.165) is 6.07 Å². The molecule has 0 aliphatic rings. The molecule has 0 heterocycles. The number of alkyl halides is 3. The van der Waals surface area contributed by atoms with Gasteiger partial charge in [0.1, 0.15) is 17.9 Å². The lowest BCUT2D eigenvalue weighted by molar-refractivity contribution is -0.325. The molecule has 0 aliphatic carbocycles. The third kappa shape index (κ3) is 4.50. The van der Waals surface area contributed by atoms with Gasteiger partial charge in [0, 0.05) is 5.69 Å². The fraction of sp³-hybridized carbons (Fsp3) is 0.300. The summed E-state index contributed by atoms with van der Waals surface area (Å²) in [5.41, 5.74) is 5.38. The highest BCUT2D eigenvalue weighted by molar-refractivity contribution is 5.92. The fourth-order valence-corrected chi connectivity index (χ4v) is 1.15. The molecule has 0 amide bonds. The van der Waals surface area contributed by atoms with Crippen LogP contribution in [-0.4, -0.2) is 30.7 Å². The molecule has 0 radical (unpaired) electrons. The van der Waals surface area contributed by atoms with Crippen LogP contribution in [0, 0.1) is 0 Å². The number of nitrogens with two attached hydrogens (primary N) is 1. The number of halogens is 3. The Bertz CT molecular complexity index is 434. The van der Waals surface area contributed by atoms with Crippen LogP contribution >= 0.6 is 0 Å². The summed E-state index contributed by atoms with van der Waals surface area (Å²) < 4.78 is 43.3. The number of hydrogen-bond donors (Lipinski definition) is 2. The Hall–Kier alpha value is -1.96. The van der Waals surface area contributed by atoms with Crippen LogP contribution in [0.3, 0.4) is 0 Å². The van der Waals surface area contributed by atoms with Crippen LogP contribution < -0.4 is 10.5 Å². The molecule has 0 spiro atoms. The molecule has 0 saturated heterocycles. The predicted octanol–water partition coefficient (Wildman–Crippen LogP) is 1.88. The molecule has 0 bridgehead atoms. The maximum atomic E-state index is 11.7. The third-order valence-corrected chi connectivity index (χ3v) is 1.84. The highest BCUT2D eigenvalue weighted by Gasteiger charge is 2.28. The lowest BCUT2D eigenvalue weighted by atomic mass is 10.2. The van der Waals surface area contributed by atoms with E-state index in [1.54, 1.807) is 0 Å². The standard InChI is InChI=1S/C10H10F3NO4/c11-10(12,13)18-4-3-17-8-2-1-6(14)5-7(8)9(15)16/h1-2,5H,3-4,14H2,(H,15,16). The number of aromatic carboxylic acids is 1. The van der Waals surface area contributed by atoms with Crippen molar-refractivity contribution in [2.45, 2.75) is 6.36 Å². The van der Waals surface area contributed by atoms with Crippen LogP contribution in [-0.2, 0) is 4.74 Å². The van der Waals surface area contributed by atoms with Crippen LogP contribution in [0.15, 0.2) is 18.2 Å². The molecule has 5 nitrogen and oxygen atoms in total. The minimum Gasteiger partial charge on any atom is -0.490 e. The molecule has 0 fully saturated rings. The third-order valence-electron chi connectivity index (χ3n) is 1.84. The molecule has 18 heavy (non-hydrogen) atoms. The van der Waals surface area contributed by atoms with Gasteiger partial charge < -0.3 is 15.6 Å². The second kappa shape index (κ2) is 5.58. The minimum atomic E-state index is -4.74. The number of anilines is 1. The second-order valence-electron chi connectivity index (χ2n) is 3.20. The number of benzene rings is 1. The van der Waals surface area contributed by atoms with Crippen LogP contribution in [0.1, 0.15) is 10.4 Å². The minimum absolute atomic E-state index is 0.0672. The Morgan fingerprint density at radius 2 is 2.00 bits per heavy atom. The molecule has 1 aromatic carbocycles. The van der Waals surface area contributed by atoms with Crippen molar-refractivity contribution >= 4 is 11.7 Å². The van der Waals surface area contributed by atoms with Gasteiger partial charge >= 0.3 is 12.3 Å². The first-order chi connectivity index (χ1) is 8.29. The SMILES string of the molecule is Nc1ccc(OCCOC(F)(F)F)c(C(=O)O)c1. The molecular formula is C10H10F3NO4. The van der Waals surface area contributed by atoms with Gasteiger partial charge in [0.2, 0.25) is 0 Å². The maximum Gasteiger partial charge on any atom is 0.522 e. The molecule has 8 heteroatoms. The summed E-state index contributed by atoms with van der Waals surface area (Å²) in [7, 11) is 0. The van der Waals surface area contributed by atoms with Crippen LogP contribution in [0.25, 0.3) is 0 Å². The van der Waals surface area contributed by atoms with E-state index < -0.39 is 25.5 Å². The van der Waals surface area contributed by atoms with Gasteiger partial charge in [-0.25, -0.2) is 4.79 Å². The summed E-state index contributed by atoms with van der Waals surface area (Å²) >= 11 is 0. The molecule has 0 aromatic heterocycles. The molecule has 0 saturated carbocycles. The van der Waals surface area contributed by atoms with Crippen molar-refractivity contribution < 1.29 is 32.5 Å². The van der Waals surface area contributed by atoms with E-state index in [-0.39, 0.29) is 17.0 Å². The van der Waals surface area contributed by atoms with Crippen LogP contribution in [0.4, 0.5) is 18.9 Å². The second-order valence-corrected chi connectivity index (χ2v) is 3.20. The van der Waals surface area contributed by atoms with Crippen molar-refractivity contribution in [3.8, 4) is 5.75 Å². The van der Waals surface area contributed by atoms with Gasteiger partial charge in [-0.15, -0.1) is 13.2 Å². The Kier molecular flexibility index (Phi) is 4.38. The zero-order chi connectivity index (χ0) is 13.8. The Morgan fingerprint density at radius 1 is 1.33 bits per heavy atom. The predicted molar refractivity (Wildman–Crippen MR) is 55.3 cm³/mol. The Labute approximate surface area is 99.9 Å². The van der Waals surface area contributed by atoms with Crippen molar-refractivity contribution in [3.63, 3.8) is 0 Å². The Balaban J connectivity index is 2.59. The van der Waals surface area contributed by atoms with Gasteiger partial charge in [-0.05, 0) is 18.2 Å². The fourth-order valence-electron chi connectivity index (χ4n) is 1.15. The number of carbonyl (C=O) groups is 1. The van der Waals surface area contributed by atoms with Gasteiger partial charge in [-0.1, -0.05) is 0 Å². The van der Waals surface area contributed by atoms with E-state index in [1.165, 1.54) is 12.1 Å². The van der Waals surface area contributed by atoms with E-state index >= 15 is 0 Å². The molecular weight excluding hydrogens is 255 g/mol. The number of carboxylic acids is 1.